The Morgan fingerprint density at radius 2 is 0.982 bits per heavy atom. The molecule has 0 aliphatic heterocycles. The Labute approximate surface area is 333 Å². The zero-order chi connectivity index (χ0) is 39.4. The van der Waals surface area contributed by atoms with Crippen molar-refractivity contribution in [2.75, 3.05) is 13.4 Å². The molecule has 0 aliphatic rings. The van der Waals surface area contributed by atoms with Crippen molar-refractivity contribution in [3.05, 3.63) is 170 Å². The molecule has 0 saturated carbocycles. The van der Waals surface area contributed by atoms with Crippen LogP contribution in [-0.2, 0) is 24.9 Å². The van der Waals surface area contributed by atoms with Gasteiger partial charge in [0.05, 0.1) is 18.8 Å². The van der Waals surface area contributed by atoms with E-state index in [0.717, 1.165) is 12.0 Å². The van der Waals surface area contributed by atoms with Crippen LogP contribution in [0.15, 0.2) is 164 Å². The van der Waals surface area contributed by atoms with E-state index in [4.69, 9.17) is 18.3 Å². The van der Waals surface area contributed by atoms with Gasteiger partial charge in [-0.25, -0.2) is 0 Å². The summed E-state index contributed by atoms with van der Waals surface area (Å²) in [4.78, 5) is 0. The van der Waals surface area contributed by atoms with E-state index in [1.165, 1.54) is 20.7 Å². The number of rotatable bonds is 19. The maximum atomic E-state index is 7.99. The molecule has 0 fully saturated rings. The zero-order valence-electron chi connectivity index (χ0n) is 34.1. The van der Waals surface area contributed by atoms with Crippen molar-refractivity contribution in [3.63, 3.8) is 0 Å². The predicted molar refractivity (Wildman–Crippen MR) is 236 cm³/mol. The minimum absolute atomic E-state index is 0.105. The van der Waals surface area contributed by atoms with Crippen molar-refractivity contribution < 1.29 is 18.3 Å². The van der Waals surface area contributed by atoms with Gasteiger partial charge < -0.3 is 18.3 Å². The minimum Gasteiger partial charge on any atom is -0.407 e. The lowest BCUT2D eigenvalue weighted by Crippen LogP contribution is -2.69. The van der Waals surface area contributed by atoms with Gasteiger partial charge in [0.1, 0.15) is 6.79 Å². The highest BCUT2D eigenvalue weighted by molar-refractivity contribution is 7.00. The second-order valence-corrected chi connectivity index (χ2v) is 25.3. The molecular weight excluding hydrogens is 709 g/mol. The molecule has 0 heterocycles. The van der Waals surface area contributed by atoms with Gasteiger partial charge in [0.25, 0.3) is 16.6 Å². The molecule has 5 aromatic carbocycles. The van der Waals surface area contributed by atoms with Crippen molar-refractivity contribution in [2.24, 2.45) is 5.92 Å². The van der Waals surface area contributed by atoms with E-state index in [1.807, 2.05) is 24.3 Å². The summed E-state index contributed by atoms with van der Waals surface area (Å²) < 4.78 is 28.6. The lowest BCUT2D eigenvalue weighted by Gasteiger charge is -2.47. The minimum atomic E-state index is -3.00. The lowest BCUT2D eigenvalue weighted by atomic mass is 9.95. The molecule has 0 amide bonds. The van der Waals surface area contributed by atoms with Gasteiger partial charge in [-0.1, -0.05) is 206 Å². The molecule has 55 heavy (non-hydrogen) atoms. The third-order valence-corrected chi connectivity index (χ3v) is 20.9. The van der Waals surface area contributed by atoms with Gasteiger partial charge in [0, 0.05) is 6.61 Å². The van der Waals surface area contributed by atoms with E-state index >= 15 is 0 Å². The summed E-state index contributed by atoms with van der Waals surface area (Å²) in [7, 11) is -5.81. The largest absolute Gasteiger partial charge is 0.407 e. The van der Waals surface area contributed by atoms with Crippen molar-refractivity contribution >= 4 is 37.4 Å². The Morgan fingerprint density at radius 1 is 0.582 bits per heavy atom. The standard InChI is InChI=1S/C49H62O4Si2/c1-9-25-40(2)47(51-39-50-38-41-26-15-10-16-27-41)46(53-55(49(6,7)8,44-32-21-13-22-33-44)45-34-23-14-24-35-45)36-37-52-54(48(3,4)5,42-28-17-11-18-29-42)43-30-19-12-20-31-43/h9-24,26-35,40,46-47H,1,25,36-39H2,2-8H3/t40-,46-,47+/m0/s1. The van der Waals surface area contributed by atoms with Crippen LogP contribution in [0, 0.1) is 5.92 Å². The Balaban J connectivity index is 1.60. The fraction of sp³-hybridized carbons (Fsp3) is 0.347. The molecule has 3 atom stereocenters. The Bertz CT molecular complexity index is 1760. The molecule has 290 valence electrons. The van der Waals surface area contributed by atoms with E-state index in [-0.39, 0.29) is 35.0 Å². The lowest BCUT2D eigenvalue weighted by molar-refractivity contribution is -0.143. The highest BCUT2D eigenvalue weighted by Crippen LogP contribution is 2.40. The summed E-state index contributed by atoms with van der Waals surface area (Å²) in [5.74, 6) is 0.105. The van der Waals surface area contributed by atoms with E-state index in [0.29, 0.717) is 19.6 Å². The predicted octanol–water partition coefficient (Wildman–Crippen LogP) is 9.67. The molecule has 0 unspecified atom stereocenters. The van der Waals surface area contributed by atoms with Crippen molar-refractivity contribution in [3.8, 4) is 0 Å². The molecular formula is C49H62O4Si2. The van der Waals surface area contributed by atoms with Gasteiger partial charge in [0.2, 0.25) is 0 Å². The van der Waals surface area contributed by atoms with Crippen LogP contribution in [0.5, 0.6) is 0 Å². The average molecular weight is 771 g/mol. The fourth-order valence-electron chi connectivity index (χ4n) is 8.19. The average Bonchev–Trinajstić information content (AvgIpc) is 3.19. The molecule has 0 radical (unpaired) electrons. The third kappa shape index (κ3) is 9.93. The van der Waals surface area contributed by atoms with Gasteiger partial charge in [-0.3, -0.25) is 0 Å². The second-order valence-electron chi connectivity index (χ2n) is 16.7. The maximum Gasteiger partial charge on any atom is 0.261 e. The molecule has 0 saturated heterocycles. The number of allylic oxidation sites excluding steroid dienone is 1. The van der Waals surface area contributed by atoms with E-state index < -0.39 is 16.6 Å². The van der Waals surface area contributed by atoms with Crippen LogP contribution < -0.4 is 20.7 Å². The zero-order valence-corrected chi connectivity index (χ0v) is 36.1. The maximum absolute atomic E-state index is 7.99. The molecule has 0 spiro atoms. The van der Waals surface area contributed by atoms with Crippen LogP contribution in [0.25, 0.3) is 0 Å². The molecule has 0 aromatic heterocycles. The Kier molecular flexibility index (Phi) is 14.8. The van der Waals surface area contributed by atoms with Crippen molar-refractivity contribution in [1.29, 1.82) is 0 Å². The molecule has 0 bridgehead atoms. The molecule has 6 heteroatoms. The molecule has 5 aromatic rings. The number of hydrogen-bond donors (Lipinski definition) is 0. The first kappa shape index (κ1) is 42.3. The fourth-order valence-corrected chi connectivity index (χ4v) is 17.5. The smallest absolute Gasteiger partial charge is 0.261 e. The topological polar surface area (TPSA) is 36.9 Å². The van der Waals surface area contributed by atoms with Crippen LogP contribution in [0.4, 0.5) is 0 Å². The SMILES string of the molecule is C=CC[C@H](C)[C@@H](OCOCc1ccccc1)[C@H](CCO[Si](c1ccccc1)(c1ccccc1)C(C)(C)C)O[Si](c1ccccc1)(c1ccccc1)C(C)(C)C. The van der Waals surface area contributed by atoms with Gasteiger partial charge in [0.15, 0.2) is 0 Å². The highest BCUT2D eigenvalue weighted by atomic mass is 28.4. The van der Waals surface area contributed by atoms with Crippen LogP contribution in [0.2, 0.25) is 10.1 Å². The number of benzene rings is 5. The first-order valence-corrected chi connectivity index (χ1v) is 23.6. The first-order chi connectivity index (χ1) is 26.4. The van der Waals surface area contributed by atoms with Gasteiger partial charge in [-0.15, -0.1) is 6.58 Å². The summed E-state index contributed by atoms with van der Waals surface area (Å²) >= 11 is 0. The van der Waals surface area contributed by atoms with Gasteiger partial charge >= 0.3 is 0 Å². The Morgan fingerprint density at radius 3 is 1.38 bits per heavy atom. The van der Waals surface area contributed by atoms with Gasteiger partial charge in [-0.05, 0) is 55.1 Å². The highest BCUT2D eigenvalue weighted by Gasteiger charge is 2.53. The van der Waals surface area contributed by atoms with Crippen LogP contribution >= 0.6 is 0 Å². The summed E-state index contributed by atoms with van der Waals surface area (Å²) in [5, 5.41) is 4.63. The molecule has 4 nitrogen and oxygen atoms in total. The van der Waals surface area contributed by atoms with Crippen molar-refractivity contribution in [1.82, 2.24) is 0 Å². The Hall–Kier alpha value is -3.89. The summed E-state index contributed by atoms with van der Waals surface area (Å²) in [6.07, 6.45) is 2.79. The summed E-state index contributed by atoms with van der Waals surface area (Å²) in [5.41, 5.74) is 1.11. The third-order valence-electron chi connectivity index (χ3n) is 10.8. The molecule has 0 aliphatic carbocycles. The van der Waals surface area contributed by atoms with E-state index in [1.54, 1.807) is 0 Å². The van der Waals surface area contributed by atoms with Crippen LogP contribution in [0.1, 0.15) is 66.9 Å². The quantitative estimate of drug-likeness (QED) is 0.0363. The monoisotopic (exact) mass is 770 g/mol. The number of ether oxygens (including phenoxy) is 2. The first-order valence-electron chi connectivity index (χ1n) is 19.8. The second kappa shape index (κ2) is 19.3. The van der Waals surface area contributed by atoms with E-state index in [2.05, 4.69) is 189 Å². The van der Waals surface area contributed by atoms with Crippen LogP contribution in [-0.4, -0.2) is 42.2 Å². The number of hydrogen-bond acceptors (Lipinski definition) is 4. The normalized spacial score (nSPS) is 14.2. The van der Waals surface area contributed by atoms with Crippen LogP contribution in [0.3, 0.4) is 0 Å². The summed E-state index contributed by atoms with van der Waals surface area (Å²) in [6.45, 7) is 21.5. The van der Waals surface area contributed by atoms with E-state index in [9.17, 15) is 0 Å². The van der Waals surface area contributed by atoms with Crippen molar-refractivity contribution in [2.45, 2.75) is 90.2 Å². The van der Waals surface area contributed by atoms with Gasteiger partial charge in [-0.2, -0.15) is 0 Å². The molecule has 5 rings (SSSR count). The summed E-state index contributed by atoms with van der Waals surface area (Å²) in [6, 6.07) is 53.8. The molecule has 0 N–H and O–H groups in total.